The second kappa shape index (κ2) is 5.43. The summed E-state index contributed by atoms with van der Waals surface area (Å²) in [4.78, 5) is 2.11. The molecule has 3 heteroatoms. The van der Waals surface area contributed by atoms with E-state index in [1.807, 2.05) is 24.3 Å². The van der Waals surface area contributed by atoms with Crippen molar-refractivity contribution in [3.05, 3.63) is 35.4 Å². The van der Waals surface area contributed by atoms with E-state index in [1.54, 1.807) is 0 Å². The van der Waals surface area contributed by atoms with E-state index in [2.05, 4.69) is 4.90 Å². The summed E-state index contributed by atoms with van der Waals surface area (Å²) < 4.78 is 0. The molecule has 88 valence electrons. The van der Waals surface area contributed by atoms with Gasteiger partial charge in [-0.05, 0) is 24.0 Å². The quantitative estimate of drug-likeness (QED) is 0.815. The number of rotatable bonds is 3. The van der Waals surface area contributed by atoms with Crippen LogP contribution < -0.4 is 0 Å². The standard InChI is InChI=1S/C13H19NO2/c15-10-11-4-6-12(7-5-11)13(16)14-8-2-1-3-9-14/h4-7,13,15-16H,1-3,8-10H2. The minimum absolute atomic E-state index is 0.0556. The third-order valence-corrected chi connectivity index (χ3v) is 3.20. The van der Waals surface area contributed by atoms with Crippen molar-refractivity contribution in [2.75, 3.05) is 13.1 Å². The summed E-state index contributed by atoms with van der Waals surface area (Å²) >= 11 is 0. The van der Waals surface area contributed by atoms with Crippen molar-refractivity contribution in [3.63, 3.8) is 0 Å². The molecule has 1 aliphatic rings. The molecule has 2 rings (SSSR count). The van der Waals surface area contributed by atoms with Gasteiger partial charge < -0.3 is 10.2 Å². The number of piperidine rings is 1. The van der Waals surface area contributed by atoms with Crippen LogP contribution in [0.25, 0.3) is 0 Å². The molecule has 1 heterocycles. The minimum Gasteiger partial charge on any atom is -0.392 e. The average Bonchev–Trinajstić information content (AvgIpc) is 2.39. The second-order valence-corrected chi connectivity index (χ2v) is 4.37. The van der Waals surface area contributed by atoms with Crippen LogP contribution in [0.1, 0.15) is 36.6 Å². The Balaban J connectivity index is 2.04. The maximum atomic E-state index is 10.2. The van der Waals surface area contributed by atoms with Crippen LogP contribution in [-0.2, 0) is 6.61 Å². The summed E-state index contributed by atoms with van der Waals surface area (Å²) in [7, 11) is 0. The van der Waals surface area contributed by atoms with Gasteiger partial charge in [0.2, 0.25) is 0 Å². The summed E-state index contributed by atoms with van der Waals surface area (Å²) in [5.74, 6) is 0. The van der Waals surface area contributed by atoms with E-state index >= 15 is 0 Å². The van der Waals surface area contributed by atoms with E-state index in [-0.39, 0.29) is 6.61 Å². The second-order valence-electron chi connectivity index (χ2n) is 4.37. The highest BCUT2D eigenvalue weighted by Crippen LogP contribution is 2.22. The molecular formula is C13H19NO2. The van der Waals surface area contributed by atoms with Crippen LogP contribution in [0.2, 0.25) is 0 Å². The number of aliphatic hydroxyl groups is 2. The molecule has 0 radical (unpaired) electrons. The fourth-order valence-electron chi connectivity index (χ4n) is 2.17. The first-order valence-electron chi connectivity index (χ1n) is 5.93. The van der Waals surface area contributed by atoms with Gasteiger partial charge in [0.05, 0.1) is 6.61 Å². The van der Waals surface area contributed by atoms with Crippen molar-refractivity contribution >= 4 is 0 Å². The number of hydrogen-bond acceptors (Lipinski definition) is 3. The maximum Gasteiger partial charge on any atom is 0.133 e. The summed E-state index contributed by atoms with van der Waals surface area (Å²) in [5, 5.41) is 19.1. The Labute approximate surface area is 96.3 Å². The lowest BCUT2D eigenvalue weighted by molar-refractivity contribution is -0.00984. The van der Waals surface area contributed by atoms with Crippen LogP contribution in [0.3, 0.4) is 0 Å². The Bertz CT molecular complexity index is 317. The molecule has 2 N–H and O–H groups in total. The number of nitrogens with zero attached hydrogens (tertiary/aromatic N) is 1. The van der Waals surface area contributed by atoms with Crippen molar-refractivity contribution in [3.8, 4) is 0 Å². The van der Waals surface area contributed by atoms with Crippen LogP contribution in [0, 0.1) is 0 Å². The SMILES string of the molecule is OCc1ccc(C(O)N2CCCCC2)cc1. The Morgan fingerprint density at radius 2 is 1.69 bits per heavy atom. The molecular weight excluding hydrogens is 202 g/mol. The van der Waals surface area contributed by atoms with E-state index in [0.717, 1.165) is 24.2 Å². The molecule has 0 spiro atoms. The van der Waals surface area contributed by atoms with Gasteiger partial charge in [-0.15, -0.1) is 0 Å². The van der Waals surface area contributed by atoms with Crippen molar-refractivity contribution in [2.24, 2.45) is 0 Å². The van der Waals surface area contributed by atoms with Crippen LogP contribution in [-0.4, -0.2) is 28.2 Å². The number of hydrogen-bond donors (Lipinski definition) is 2. The predicted molar refractivity (Wildman–Crippen MR) is 62.7 cm³/mol. The van der Waals surface area contributed by atoms with Gasteiger partial charge in [-0.1, -0.05) is 30.7 Å². The lowest BCUT2D eigenvalue weighted by Gasteiger charge is -2.31. The largest absolute Gasteiger partial charge is 0.392 e. The molecule has 1 atom stereocenters. The maximum absolute atomic E-state index is 10.2. The molecule has 1 aromatic rings. The van der Waals surface area contributed by atoms with E-state index in [0.29, 0.717) is 0 Å². The zero-order chi connectivity index (χ0) is 11.4. The molecule has 16 heavy (non-hydrogen) atoms. The highest BCUT2D eigenvalue weighted by atomic mass is 16.3. The molecule has 1 saturated heterocycles. The molecule has 3 nitrogen and oxygen atoms in total. The summed E-state index contributed by atoms with van der Waals surface area (Å²) in [6.07, 6.45) is 3.12. The van der Waals surface area contributed by atoms with Crippen LogP contribution in [0.4, 0.5) is 0 Å². The molecule has 0 amide bonds. The lowest BCUT2D eigenvalue weighted by atomic mass is 10.1. The fraction of sp³-hybridized carbons (Fsp3) is 0.538. The van der Waals surface area contributed by atoms with Gasteiger partial charge in [-0.2, -0.15) is 0 Å². The van der Waals surface area contributed by atoms with Gasteiger partial charge in [-0.3, -0.25) is 4.90 Å². The van der Waals surface area contributed by atoms with Crippen LogP contribution in [0.15, 0.2) is 24.3 Å². The zero-order valence-corrected chi connectivity index (χ0v) is 9.47. The van der Waals surface area contributed by atoms with E-state index in [4.69, 9.17) is 5.11 Å². The van der Waals surface area contributed by atoms with Crippen molar-refractivity contribution in [1.29, 1.82) is 0 Å². The fourth-order valence-corrected chi connectivity index (χ4v) is 2.17. The molecule has 0 saturated carbocycles. The van der Waals surface area contributed by atoms with E-state index < -0.39 is 6.23 Å². The van der Waals surface area contributed by atoms with E-state index in [1.165, 1.54) is 19.3 Å². The topological polar surface area (TPSA) is 43.7 Å². The van der Waals surface area contributed by atoms with Crippen molar-refractivity contribution in [2.45, 2.75) is 32.1 Å². The third-order valence-electron chi connectivity index (χ3n) is 3.20. The smallest absolute Gasteiger partial charge is 0.133 e. The van der Waals surface area contributed by atoms with Gasteiger partial charge in [-0.25, -0.2) is 0 Å². The average molecular weight is 221 g/mol. The predicted octanol–water partition coefficient (Wildman–Crippen LogP) is 1.66. The number of benzene rings is 1. The van der Waals surface area contributed by atoms with Crippen molar-refractivity contribution in [1.82, 2.24) is 4.90 Å². The number of aliphatic hydroxyl groups excluding tert-OH is 2. The van der Waals surface area contributed by atoms with Crippen LogP contribution in [0.5, 0.6) is 0 Å². The van der Waals surface area contributed by atoms with Crippen molar-refractivity contribution < 1.29 is 10.2 Å². The number of likely N-dealkylation sites (tertiary alicyclic amines) is 1. The summed E-state index contributed by atoms with van der Waals surface area (Å²) in [6.45, 7) is 2.01. The zero-order valence-electron chi connectivity index (χ0n) is 9.47. The first-order valence-corrected chi connectivity index (χ1v) is 5.93. The van der Waals surface area contributed by atoms with Crippen LogP contribution >= 0.6 is 0 Å². The molecule has 1 fully saturated rings. The Hall–Kier alpha value is -0.900. The van der Waals surface area contributed by atoms with Gasteiger partial charge in [0.15, 0.2) is 0 Å². The first kappa shape index (κ1) is 11.6. The lowest BCUT2D eigenvalue weighted by Crippen LogP contribution is -2.33. The summed E-state index contributed by atoms with van der Waals surface area (Å²) in [6, 6.07) is 7.51. The Kier molecular flexibility index (Phi) is 3.93. The van der Waals surface area contributed by atoms with E-state index in [9.17, 15) is 5.11 Å². The molecule has 1 aliphatic heterocycles. The monoisotopic (exact) mass is 221 g/mol. The molecule has 0 aromatic heterocycles. The van der Waals surface area contributed by atoms with Gasteiger partial charge in [0.25, 0.3) is 0 Å². The first-order chi connectivity index (χ1) is 7.81. The molecule has 0 aliphatic carbocycles. The normalized spacial score (nSPS) is 19.6. The van der Waals surface area contributed by atoms with Gasteiger partial charge in [0.1, 0.15) is 6.23 Å². The molecule has 1 aromatic carbocycles. The minimum atomic E-state index is -0.493. The van der Waals surface area contributed by atoms with Gasteiger partial charge >= 0.3 is 0 Å². The van der Waals surface area contributed by atoms with Gasteiger partial charge in [0, 0.05) is 13.1 Å². The highest BCUT2D eigenvalue weighted by Gasteiger charge is 2.19. The third kappa shape index (κ3) is 2.61. The Morgan fingerprint density at radius 3 is 2.25 bits per heavy atom. The molecule has 0 bridgehead atoms. The molecule has 1 unspecified atom stereocenters. The Morgan fingerprint density at radius 1 is 1.06 bits per heavy atom. The summed E-state index contributed by atoms with van der Waals surface area (Å²) in [5.41, 5.74) is 1.80. The highest BCUT2D eigenvalue weighted by molar-refractivity contribution is 5.23.